The van der Waals surface area contributed by atoms with Gasteiger partial charge in [-0.1, -0.05) is 23.4 Å². The third kappa shape index (κ3) is 3.03. The van der Waals surface area contributed by atoms with Crippen LogP contribution in [0.4, 0.5) is 0 Å². The number of hydrogen-bond donors (Lipinski definition) is 2. The Morgan fingerprint density at radius 3 is 2.75 bits per heavy atom. The Morgan fingerprint density at radius 1 is 1.44 bits per heavy atom. The van der Waals surface area contributed by atoms with Gasteiger partial charge in [0.05, 0.1) is 0 Å². The second-order valence-electron chi connectivity index (χ2n) is 3.69. The molecule has 1 fully saturated rings. The Kier molecular flexibility index (Phi) is 4.43. The second-order valence-corrected chi connectivity index (χ2v) is 3.69. The molecule has 0 bridgehead atoms. The van der Waals surface area contributed by atoms with Crippen molar-refractivity contribution in [2.45, 2.75) is 18.8 Å². The van der Waals surface area contributed by atoms with Crippen LogP contribution in [-0.4, -0.2) is 17.6 Å². The molecule has 0 aliphatic heterocycles. The molecule has 0 atom stereocenters. The summed E-state index contributed by atoms with van der Waals surface area (Å²) in [7, 11) is 0. The largest absolute Gasteiger partial charge is 0.485 e. The van der Waals surface area contributed by atoms with Crippen LogP contribution in [0.2, 0.25) is 0 Å². The second kappa shape index (κ2) is 5.61. The number of hydrogen-bond acceptors (Lipinski definition) is 3. The molecule has 0 spiro atoms. The Bertz CT molecular complexity index is 378. The van der Waals surface area contributed by atoms with Crippen LogP contribution >= 0.6 is 12.4 Å². The maximum Gasteiger partial charge on any atom is 0.177 e. The molecule has 1 aliphatic rings. The highest BCUT2D eigenvalue weighted by atomic mass is 35.5. The van der Waals surface area contributed by atoms with Crippen LogP contribution in [0.3, 0.4) is 0 Å². The SMILES string of the molecule is Cl.N/C(COc1ccccc1C1CC1)=N\O. The lowest BCUT2D eigenvalue weighted by Crippen LogP contribution is -2.21. The van der Waals surface area contributed by atoms with E-state index in [1.54, 1.807) is 0 Å². The molecule has 1 aromatic carbocycles. The molecule has 88 valence electrons. The van der Waals surface area contributed by atoms with Gasteiger partial charge in [0, 0.05) is 0 Å². The van der Waals surface area contributed by atoms with Gasteiger partial charge >= 0.3 is 0 Å². The Morgan fingerprint density at radius 2 is 2.12 bits per heavy atom. The number of ether oxygens (including phenoxy) is 1. The highest BCUT2D eigenvalue weighted by molar-refractivity contribution is 5.85. The van der Waals surface area contributed by atoms with Crippen molar-refractivity contribution in [2.24, 2.45) is 10.9 Å². The number of benzene rings is 1. The summed E-state index contributed by atoms with van der Waals surface area (Å²) in [6.45, 7) is 0.125. The van der Waals surface area contributed by atoms with Gasteiger partial charge in [-0.15, -0.1) is 12.4 Å². The third-order valence-corrected chi connectivity index (χ3v) is 2.44. The van der Waals surface area contributed by atoms with E-state index in [1.165, 1.54) is 18.4 Å². The van der Waals surface area contributed by atoms with Crippen LogP contribution < -0.4 is 10.5 Å². The predicted molar refractivity (Wildman–Crippen MR) is 64.6 cm³/mol. The molecule has 0 radical (unpaired) electrons. The maximum absolute atomic E-state index is 8.39. The van der Waals surface area contributed by atoms with Crippen LogP contribution in [0, 0.1) is 0 Å². The first kappa shape index (κ1) is 12.6. The lowest BCUT2D eigenvalue weighted by molar-refractivity contribution is 0.306. The molecule has 2 rings (SSSR count). The molecule has 0 heterocycles. The lowest BCUT2D eigenvalue weighted by Gasteiger charge is -2.09. The Balaban J connectivity index is 0.00000128. The Hall–Kier alpha value is -1.42. The molecule has 3 N–H and O–H groups in total. The summed E-state index contributed by atoms with van der Waals surface area (Å²) < 4.78 is 5.48. The maximum atomic E-state index is 8.39. The fraction of sp³-hybridized carbons (Fsp3) is 0.364. The minimum Gasteiger partial charge on any atom is -0.485 e. The highest BCUT2D eigenvalue weighted by Gasteiger charge is 2.26. The molecule has 0 aromatic heterocycles. The third-order valence-electron chi connectivity index (χ3n) is 2.44. The minimum absolute atomic E-state index is 0. The van der Waals surface area contributed by atoms with Gasteiger partial charge in [-0.3, -0.25) is 0 Å². The van der Waals surface area contributed by atoms with E-state index in [-0.39, 0.29) is 24.8 Å². The number of rotatable bonds is 4. The van der Waals surface area contributed by atoms with Crippen molar-refractivity contribution >= 4 is 18.2 Å². The number of halogens is 1. The molecule has 1 saturated carbocycles. The molecule has 5 heteroatoms. The molecule has 4 nitrogen and oxygen atoms in total. The molecule has 0 saturated heterocycles. The van der Waals surface area contributed by atoms with Crippen molar-refractivity contribution in [1.82, 2.24) is 0 Å². The van der Waals surface area contributed by atoms with Gasteiger partial charge in [0.25, 0.3) is 0 Å². The van der Waals surface area contributed by atoms with Gasteiger partial charge in [0.15, 0.2) is 5.84 Å². The van der Waals surface area contributed by atoms with Crippen LogP contribution in [-0.2, 0) is 0 Å². The summed E-state index contributed by atoms with van der Waals surface area (Å²) in [4.78, 5) is 0. The quantitative estimate of drug-likeness (QED) is 0.368. The summed E-state index contributed by atoms with van der Waals surface area (Å²) in [6.07, 6.45) is 2.45. The standard InChI is InChI=1S/C11H14N2O2.ClH/c12-11(13-14)7-15-10-4-2-1-3-9(10)8-5-6-8;/h1-4,8,14H,5-7H2,(H2,12,13);1H. The van der Waals surface area contributed by atoms with E-state index in [0.29, 0.717) is 5.92 Å². The predicted octanol–water partition coefficient (Wildman–Crippen LogP) is 2.11. The first-order valence-electron chi connectivity index (χ1n) is 4.99. The fourth-order valence-electron chi connectivity index (χ4n) is 1.52. The topological polar surface area (TPSA) is 67.8 Å². The molecule has 0 unspecified atom stereocenters. The van der Waals surface area contributed by atoms with Crippen molar-refractivity contribution in [3.63, 3.8) is 0 Å². The van der Waals surface area contributed by atoms with Crippen LogP contribution in [0.25, 0.3) is 0 Å². The van der Waals surface area contributed by atoms with Crippen molar-refractivity contribution in [2.75, 3.05) is 6.61 Å². The van der Waals surface area contributed by atoms with E-state index in [4.69, 9.17) is 15.7 Å². The molecule has 0 amide bonds. The first-order chi connectivity index (χ1) is 7.31. The van der Waals surface area contributed by atoms with Crippen molar-refractivity contribution < 1.29 is 9.94 Å². The van der Waals surface area contributed by atoms with E-state index < -0.39 is 0 Å². The molecule has 1 aromatic rings. The van der Waals surface area contributed by atoms with Gasteiger partial charge in [-0.05, 0) is 30.4 Å². The molecule has 16 heavy (non-hydrogen) atoms. The zero-order valence-corrected chi connectivity index (χ0v) is 9.61. The van der Waals surface area contributed by atoms with Crippen molar-refractivity contribution in [1.29, 1.82) is 0 Å². The number of nitrogens with two attached hydrogens (primary N) is 1. The normalized spacial score (nSPS) is 15.4. The van der Waals surface area contributed by atoms with E-state index in [1.807, 2.05) is 18.2 Å². The fourth-order valence-corrected chi connectivity index (χ4v) is 1.52. The zero-order valence-electron chi connectivity index (χ0n) is 8.80. The van der Waals surface area contributed by atoms with E-state index in [2.05, 4.69) is 11.2 Å². The van der Waals surface area contributed by atoms with E-state index >= 15 is 0 Å². The molecular formula is C11H15ClN2O2. The first-order valence-corrected chi connectivity index (χ1v) is 4.99. The number of nitrogens with zero attached hydrogens (tertiary/aromatic N) is 1. The van der Waals surface area contributed by atoms with Crippen LogP contribution in [0.15, 0.2) is 29.4 Å². The average molecular weight is 243 g/mol. The van der Waals surface area contributed by atoms with Crippen LogP contribution in [0.1, 0.15) is 24.3 Å². The molecular weight excluding hydrogens is 228 g/mol. The zero-order chi connectivity index (χ0) is 10.7. The van der Waals surface area contributed by atoms with Gasteiger partial charge in [0.2, 0.25) is 0 Å². The lowest BCUT2D eigenvalue weighted by atomic mass is 10.1. The van der Waals surface area contributed by atoms with E-state index in [0.717, 1.165) is 5.75 Å². The average Bonchev–Trinajstić information content (AvgIpc) is 3.10. The monoisotopic (exact) mass is 242 g/mol. The van der Waals surface area contributed by atoms with Gasteiger partial charge < -0.3 is 15.7 Å². The van der Waals surface area contributed by atoms with Crippen LogP contribution in [0.5, 0.6) is 5.75 Å². The highest BCUT2D eigenvalue weighted by Crippen LogP contribution is 2.44. The summed E-state index contributed by atoms with van der Waals surface area (Å²) in [6, 6.07) is 7.91. The van der Waals surface area contributed by atoms with Crippen molar-refractivity contribution in [3.05, 3.63) is 29.8 Å². The number of amidine groups is 1. The molecule has 1 aliphatic carbocycles. The number of oxime groups is 1. The Labute approximate surface area is 101 Å². The van der Waals surface area contributed by atoms with Crippen molar-refractivity contribution in [3.8, 4) is 5.75 Å². The van der Waals surface area contributed by atoms with Gasteiger partial charge in [0.1, 0.15) is 12.4 Å². The number of para-hydroxylation sites is 1. The summed E-state index contributed by atoms with van der Waals surface area (Å²) in [5.41, 5.74) is 6.56. The smallest absolute Gasteiger partial charge is 0.177 e. The summed E-state index contributed by atoms with van der Waals surface area (Å²) in [5, 5.41) is 11.2. The van der Waals surface area contributed by atoms with Gasteiger partial charge in [-0.2, -0.15) is 0 Å². The summed E-state index contributed by atoms with van der Waals surface area (Å²) >= 11 is 0. The minimum atomic E-state index is 0. The summed E-state index contributed by atoms with van der Waals surface area (Å²) in [5.74, 6) is 1.56. The van der Waals surface area contributed by atoms with Gasteiger partial charge in [-0.25, -0.2) is 0 Å². The van der Waals surface area contributed by atoms with E-state index in [9.17, 15) is 0 Å².